The minimum absolute atomic E-state index is 0.0556. The first-order chi connectivity index (χ1) is 18.7. The number of thiocarbonyl (C=S) groups is 1. The van der Waals surface area contributed by atoms with Crippen LogP contribution in [-0.4, -0.2) is 10.6 Å². The number of unbranched alkanes of at least 4 members (excludes halogenated alkanes) is 6. The number of fused-ring (bicyclic) bond motifs is 2. The van der Waals surface area contributed by atoms with Gasteiger partial charge in [0.05, 0.1) is 4.86 Å². The van der Waals surface area contributed by atoms with Crippen LogP contribution >= 0.6 is 24.0 Å². The van der Waals surface area contributed by atoms with E-state index in [4.69, 9.17) is 12.2 Å². The van der Waals surface area contributed by atoms with Crippen LogP contribution in [-0.2, 0) is 6.42 Å². The van der Waals surface area contributed by atoms with Gasteiger partial charge in [0.1, 0.15) is 0 Å². The highest BCUT2D eigenvalue weighted by Crippen LogP contribution is 2.40. The number of hydrogen-bond donors (Lipinski definition) is 0. The van der Waals surface area contributed by atoms with E-state index in [0.717, 1.165) is 48.9 Å². The fraction of sp³-hybridized carbons (Fsp3) is 0.257. The van der Waals surface area contributed by atoms with Crippen molar-refractivity contribution in [2.75, 3.05) is 0 Å². The van der Waals surface area contributed by atoms with Crippen molar-refractivity contribution in [3.63, 3.8) is 0 Å². The zero-order valence-corrected chi connectivity index (χ0v) is 23.7. The number of hydrogen-bond acceptors (Lipinski definition) is 3. The monoisotopic (exact) mass is 534 g/mol. The lowest BCUT2D eigenvalue weighted by molar-refractivity contribution is 0.103. The number of carbonyl (C=O) groups is 1. The van der Waals surface area contributed by atoms with Crippen LogP contribution in [0.4, 0.5) is 0 Å². The second-order valence-electron chi connectivity index (χ2n) is 10.0. The van der Waals surface area contributed by atoms with Gasteiger partial charge in [-0.25, -0.2) is 0 Å². The lowest BCUT2D eigenvalue weighted by Gasteiger charge is -2.24. The van der Waals surface area contributed by atoms with Crippen molar-refractivity contribution in [3.8, 4) is 11.1 Å². The molecule has 192 valence electrons. The predicted molar refractivity (Wildman–Crippen MR) is 165 cm³/mol. The molecule has 1 aliphatic rings. The Balaban J connectivity index is 1.32. The molecule has 0 spiro atoms. The minimum atomic E-state index is 0.0556. The maximum absolute atomic E-state index is 13.9. The molecule has 1 nitrogen and oxygen atoms in total. The molecule has 4 aromatic carbocycles. The normalized spacial score (nSPS) is 12.3. The highest BCUT2D eigenvalue weighted by Gasteiger charge is 2.31. The summed E-state index contributed by atoms with van der Waals surface area (Å²) in [7, 11) is 0. The van der Waals surface area contributed by atoms with E-state index in [-0.39, 0.29) is 5.78 Å². The van der Waals surface area contributed by atoms with Crippen LogP contribution in [0.15, 0.2) is 101 Å². The van der Waals surface area contributed by atoms with Crippen molar-refractivity contribution in [3.05, 3.63) is 119 Å². The molecule has 0 aliphatic heterocycles. The average Bonchev–Trinajstić information content (AvgIpc) is 2.96. The molecule has 0 saturated heterocycles. The van der Waals surface area contributed by atoms with Gasteiger partial charge in [-0.3, -0.25) is 4.79 Å². The van der Waals surface area contributed by atoms with E-state index in [1.54, 1.807) is 11.8 Å². The number of ketones is 1. The first-order valence-corrected chi connectivity index (χ1v) is 15.1. The molecule has 0 bridgehead atoms. The standard InChI is InChI=1S/C35H34OS2/c1-2-3-4-5-6-7-9-14-25-21-23-27(24-22-25)38-31-20-13-19-30-33(31)34(36)29-18-12-17-28(32(29)35(30)37)26-15-10-8-11-16-26/h8,10-13,15-24H,2-7,9,14H2,1H3. The van der Waals surface area contributed by atoms with E-state index in [2.05, 4.69) is 49.4 Å². The van der Waals surface area contributed by atoms with Crippen LogP contribution in [0, 0.1) is 0 Å². The summed E-state index contributed by atoms with van der Waals surface area (Å²) in [6.45, 7) is 2.27. The maximum Gasteiger partial charge on any atom is 0.195 e. The third-order valence-electron chi connectivity index (χ3n) is 7.34. The van der Waals surface area contributed by atoms with Crippen molar-refractivity contribution in [1.82, 2.24) is 0 Å². The molecule has 4 aromatic rings. The van der Waals surface area contributed by atoms with Gasteiger partial charge in [-0.05, 0) is 47.7 Å². The van der Waals surface area contributed by atoms with E-state index in [0.29, 0.717) is 5.56 Å². The second kappa shape index (κ2) is 12.7. The Morgan fingerprint density at radius 1 is 0.632 bits per heavy atom. The largest absolute Gasteiger partial charge is 0.289 e. The number of carbonyl (C=O) groups excluding carboxylic acids is 1. The first-order valence-electron chi connectivity index (χ1n) is 13.8. The Morgan fingerprint density at radius 3 is 2.05 bits per heavy atom. The number of rotatable bonds is 11. The minimum Gasteiger partial charge on any atom is -0.289 e. The quantitative estimate of drug-likeness (QED) is 0.124. The van der Waals surface area contributed by atoms with Crippen molar-refractivity contribution in [1.29, 1.82) is 0 Å². The second-order valence-corrected chi connectivity index (χ2v) is 11.6. The van der Waals surface area contributed by atoms with Gasteiger partial charge in [0.2, 0.25) is 0 Å². The number of aryl methyl sites for hydroxylation is 1. The van der Waals surface area contributed by atoms with Gasteiger partial charge in [-0.2, -0.15) is 0 Å². The van der Waals surface area contributed by atoms with Gasteiger partial charge in [0.25, 0.3) is 0 Å². The summed E-state index contributed by atoms with van der Waals surface area (Å²) in [4.78, 5) is 16.7. The molecular weight excluding hydrogens is 501 g/mol. The van der Waals surface area contributed by atoms with E-state index < -0.39 is 0 Å². The van der Waals surface area contributed by atoms with Crippen LogP contribution in [0.3, 0.4) is 0 Å². The van der Waals surface area contributed by atoms with Crippen molar-refractivity contribution < 1.29 is 4.79 Å². The third kappa shape index (κ3) is 5.85. The smallest absolute Gasteiger partial charge is 0.195 e. The highest BCUT2D eigenvalue weighted by atomic mass is 32.2. The summed E-state index contributed by atoms with van der Waals surface area (Å²) in [6.07, 6.45) is 10.4. The van der Waals surface area contributed by atoms with Crippen molar-refractivity contribution >= 4 is 34.6 Å². The molecular formula is C35H34OS2. The van der Waals surface area contributed by atoms with Crippen LogP contribution < -0.4 is 0 Å². The van der Waals surface area contributed by atoms with Crippen molar-refractivity contribution in [2.24, 2.45) is 0 Å². The van der Waals surface area contributed by atoms with Crippen molar-refractivity contribution in [2.45, 2.75) is 68.1 Å². The van der Waals surface area contributed by atoms with Gasteiger partial charge >= 0.3 is 0 Å². The summed E-state index contributed by atoms with van der Waals surface area (Å²) in [5.41, 5.74) is 6.64. The fourth-order valence-electron chi connectivity index (χ4n) is 5.29. The average molecular weight is 535 g/mol. The van der Waals surface area contributed by atoms with Gasteiger partial charge in [0.15, 0.2) is 5.78 Å². The highest BCUT2D eigenvalue weighted by molar-refractivity contribution is 7.99. The molecule has 38 heavy (non-hydrogen) atoms. The molecule has 0 radical (unpaired) electrons. The maximum atomic E-state index is 13.9. The summed E-state index contributed by atoms with van der Waals surface area (Å²) in [6, 6.07) is 31.0. The topological polar surface area (TPSA) is 17.1 Å². The Kier molecular flexibility index (Phi) is 8.88. The van der Waals surface area contributed by atoms with E-state index in [9.17, 15) is 4.79 Å². The van der Waals surface area contributed by atoms with Gasteiger partial charge in [-0.1, -0.05) is 142 Å². The Morgan fingerprint density at radius 2 is 1.29 bits per heavy atom. The molecule has 0 fully saturated rings. The Labute approximate surface area is 236 Å². The molecule has 0 heterocycles. The van der Waals surface area contributed by atoms with Crippen LogP contribution in [0.2, 0.25) is 0 Å². The molecule has 0 unspecified atom stereocenters. The van der Waals surface area contributed by atoms with Gasteiger partial charge in [-0.15, -0.1) is 0 Å². The van der Waals surface area contributed by atoms with Gasteiger partial charge in [0, 0.05) is 32.0 Å². The molecule has 1 aliphatic carbocycles. The van der Waals surface area contributed by atoms with Crippen LogP contribution in [0.5, 0.6) is 0 Å². The molecule has 0 atom stereocenters. The Hall–Kier alpha value is -3.01. The van der Waals surface area contributed by atoms with E-state index in [1.165, 1.54) is 50.5 Å². The summed E-state index contributed by atoms with van der Waals surface area (Å²) >= 11 is 7.67. The fourth-order valence-corrected chi connectivity index (χ4v) is 6.66. The lowest BCUT2D eigenvalue weighted by atomic mass is 9.81. The SMILES string of the molecule is CCCCCCCCCc1ccc(Sc2cccc3c2C(=O)c2cccc(-c4ccccc4)c2C3=S)cc1. The zero-order chi connectivity index (χ0) is 26.3. The Bertz CT molecular complexity index is 1420. The summed E-state index contributed by atoms with van der Waals surface area (Å²) in [5.74, 6) is 0.0556. The molecule has 3 heteroatoms. The summed E-state index contributed by atoms with van der Waals surface area (Å²) in [5, 5.41) is 0. The predicted octanol–water partition coefficient (Wildman–Crippen LogP) is 10.1. The molecule has 0 N–H and O–H groups in total. The van der Waals surface area contributed by atoms with Crippen LogP contribution in [0.1, 0.15) is 84.5 Å². The number of benzene rings is 4. The molecule has 5 rings (SSSR count). The van der Waals surface area contributed by atoms with E-state index >= 15 is 0 Å². The molecule has 0 amide bonds. The van der Waals surface area contributed by atoms with E-state index in [1.807, 2.05) is 48.5 Å². The third-order valence-corrected chi connectivity index (χ3v) is 8.83. The summed E-state index contributed by atoms with van der Waals surface area (Å²) < 4.78 is 0. The molecule has 0 saturated carbocycles. The molecule has 0 aromatic heterocycles. The lowest BCUT2D eigenvalue weighted by Crippen LogP contribution is -2.22. The van der Waals surface area contributed by atoms with Crippen LogP contribution in [0.25, 0.3) is 11.1 Å². The first kappa shape index (κ1) is 26.6. The van der Waals surface area contributed by atoms with Gasteiger partial charge < -0.3 is 0 Å². The zero-order valence-electron chi connectivity index (χ0n) is 22.0.